The number of carbonyl (C=O) groups excluding carboxylic acids is 2. The lowest BCUT2D eigenvalue weighted by Gasteiger charge is -2.34. The lowest BCUT2D eigenvalue weighted by atomic mass is 10.2. The Morgan fingerprint density at radius 1 is 0.931 bits per heavy atom. The Labute approximate surface area is 165 Å². The van der Waals surface area contributed by atoms with Gasteiger partial charge in [-0.2, -0.15) is 0 Å². The molecule has 148 valence electrons. The number of aromatic nitrogens is 2. The molecule has 9 heteroatoms. The molecule has 0 spiro atoms. The van der Waals surface area contributed by atoms with Crippen LogP contribution in [-0.4, -0.2) is 58.0 Å². The van der Waals surface area contributed by atoms with Gasteiger partial charge in [0.25, 0.3) is 11.8 Å². The minimum Gasteiger partial charge on any atom is -0.459 e. The number of anilines is 2. The maximum Gasteiger partial charge on any atom is 0.289 e. The van der Waals surface area contributed by atoms with E-state index in [1.165, 1.54) is 18.4 Å². The first kappa shape index (κ1) is 18.6. The van der Waals surface area contributed by atoms with Gasteiger partial charge in [0.2, 0.25) is 0 Å². The maximum absolute atomic E-state index is 13.2. The van der Waals surface area contributed by atoms with Gasteiger partial charge in [0.05, 0.1) is 6.26 Å². The molecule has 1 saturated heterocycles. The summed E-state index contributed by atoms with van der Waals surface area (Å²) in [5.74, 6) is -0.105. The van der Waals surface area contributed by atoms with Gasteiger partial charge >= 0.3 is 0 Å². The van der Waals surface area contributed by atoms with E-state index in [4.69, 9.17) is 4.42 Å². The van der Waals surface area contributed by atoms with Crippen LogP contribution in [0, 0.1) is 5.82 Å². The van der Waals surface area contributed by atoms with Crippen molar-refractivity contribution in [3.05, 3.63) is 72.1 Å². The Kier molecular flexibility index (Phi) is 5.19. The molecule has 1 aromatic carbocycles. The van der Waals surface area contributed by atoms with Gasteiger partial charge in [0, 0.05) is 31.9 Å². The Morgan fingerprint density at radius 3 is 2.31 bits per heavy atom. The van der Waals surface area contributed by atoms with Gasteiger partial charge in [-0.1, -0.05) is 6.07 Å². The largest absolute Gasteiger partial charge is 0.459 e. The lowest BCUT2D eigenvalue weighted by molar-refractivity contribution is 0.0514. The number of rotatable bonds is 4. The Balaban J connectivity index is 1.34. The molecule has 0 aliphatic carbocycles. The van der Waals surface area contributed by atoms with Crippen LogP contribution in [0.1, 0.15) is 21.0 Å². The standard InChI is InChI=1S/C20H18FN5O3/c21-14-3-1-4-15(13-14)22-18-7-6-16(23-24-18)19(27)25-8-10-26(11-9-25)20(28)17-5-2-12-29-17/h1-7,12-13H,8-11H2,(H,22,24). The smallest absolute Gasteiger partial charge is 0.289 e. The zero-order chi connectivity index (χ0) is 20.2. The highest BCUT2D eigenvalue weighted by molar-refractivity contribution is 5.93. The van der Waals surface area contributed by atoms with E-state index >= 15 is 0 Å². The van der Waals surface area contributed by atoms with Crippen LogP contribution >= 0.6 is 0 Å². The lowest BCUT2D eigenvalue weighted by Crippen LogP contribution is -2.50. The van der Waals surface area contributed by atoms with Crippen molar-refractivity contribution in [2.24, 2.45) is 0 Å². The predicted octanol–water partition coefficient (Wildman–Crippen LogP) is 2.55. The molecule has 29 heavy (non-hydrogen) atoms. The van der Waals surface area contributed by atoms with Crippen LogP contribution < -0.4 is 5.32 Å². The third-order valence-electron chi connectivity index (χ3n) is 4.57. The number of nitrogens with one attached hydrogen (secondary N) is 1. The van der Waals surface area contributed by atoms with E-state index in [9.17, 15) is 14.0 Å². The van der Waals surface area contributed by atoms with Crippen molar-refractivity contribution in [1.29, 1.82) is 0 Å². The molecule has 1 N–H and O–H groups in total. The van der Waals surface area contributed by atoms with Crippen molar-refractivity contribution in [2.75, 3.05) is 31.5 Å². The van der Waals surface area contributed by atoms with E-state index in [0.29, 0.717) is 37.7 Å². The number of nitrogens with zero attached hydrogens (tertiary/aromatic N) is 4. The molecule has 8 nitrogen and oxygen atoms in total. The SMILES string of the molecule is O=C(c1ccc(Nc2cccc(F)c2)nn1)N1CCN(C(=O)c2ccco2)CC1. The number of hydrogen-bond acceptors (Lipinski definition) is 6. The molecule has 0 bridgehead atoms. The number of furan rings is 1. The summed E-state index contributed by atoms with van der Waals surface area (Å²) in [7, 11) is 0. The third kappa shape index (κ3) is 4.23. The zero-order valence-corrected chi connectivity index (χ0v) is 15.4. The average Bonchev–Trinajstić information content (AvgIpc) is 3.28. The van der Waals surface area contributed by atoms with Crippen LogP contribution in [-0.2, 0) is 0 Å². The Hall–Kier alpha value is -3.75. The van der Waals surface area contributed by atoms with Crippen molar-refractivity contribution < 1.29 is 18.4 Å². The summed E-state index contributed by atoms with van der Waals surface area (Å²) in [4.78, 5) is 28.2. The summed E-state index contributed by atoms with van der Waals surface area (Å²) in [6.07, 6.45) is 1.46. The van der Waals surface area contributed by atoms with E-state index in [1.807, 2.05) is 0 Å². The number of amides is 2. The highest BCUT2D eigenvalue weighted by Gasteiger charge is 2.27. The minimum atomic E-state index is -0.362. The fraction of sp³-hybridized carbons (Fsp3) is 0.200. The molecule has 1 aliphatic heterocycles. The number of hydrogen-bond donors (Lipinski definition) is 1. The van der Waals surface area contributed by atoms with Gasteiger partial charge in [-0.3, -0.25) is 9.59 Å². The van der Waals surface area contributed by atoms with E-state index in [1.54, 1.807) is 46.2 Å². The molecular formula is C20H18FN5O3. The van der Waals surface area contributed by atoms with Crippen LogP contribution in [0.2, 0.25) is 0 Å². The first-order valence-electron chi connectivity index (χ1n) is 9.08. The van der Waals surface area contributed by atoms with Crippen molar-refractivity contribution in [3.63, 3.8) is 0 Å². The maximum atomic E-state index is 13.2. The third-order valence-corrected chi connectivity index (χ3v) is 4.57. The molecule has 4 rings (SSSR count). The van der Waals surface area contributed by atoms with E-state index in [0.717, 1.165) is 0 Å². The molecule has 3 aromatic rings. The van der Waals surface area contributed by atoms with Crippen LogP contribution in [0.3, 0.4) is 0 Å². The summed E-state index contributed by atoms with van der Waals surface area (Å²) < 4.78 is 18.4. The van der Waals surface area contributed by atoms with Crippen molar-refractivity contribution in [1.82, 2.24) is 20.0 Å². The highest BCUT2D eigenvalue weighted by atomic mass is 19.1. The van der Waals surface area contributed by atoms with Gasteiger partial charge in [-0.15, -0.1) is 10.2 Å². The summed E-state index contributed by atoms with van der Waals surface area (Å²) >= 11 is 0. The van der Waals surface area contributed by atoms with Crippen molar-refractivity contribution in [2.45, 2.75) is 0 Å². The molecule has 0 radical (unpaired) electrons. The summed E-state index contributed by atoms with van der Waals surface area (Å²) in [6, 6.07) is 12.4. The second-order valence-electron chi connectivity index (χ2n) is 6.50. The van der Waals surface area contributed by atoms with Gasteiger partial charge in [0.15, 0.2) is 17.3 Å². The molecule has 0 atom stereocenters. The topological polar surface area (TPSA) is 91.6 Å². The number of piperazine rings is 1. The van der Waals surface area contributed by atoms with Crippen molar-refractivity contribution in [3.8, 4) is 0 Å². The van der Waals surface area contributed by atoms with Gasteiger partial charge in [-0.25, -0.2) is 4.39 Å². The first-order valence-corrected chi connectivity index (χ1v) is 9.08. The molecule has 1 aliphatic rings. The van der Waals surface area contributed by atoms with E-state index < -0.39 is 0 Å². The highest BCUT2D eigenvalue weighted by Crippen LogP contribution is 2.16. The van der Waals surface area contributed by atoms with Gasteiger partial charge in [0.1, 0.15) is 5.82 Å². The van der Waals surface area contributed by atoms with E-state index in [2.05, 4.69) is 15.5 Å². The number of carbonyl (C=O) groups is 2. The van der Waals surface area contributed by atoms with E-state index in [-0.39, 0.29) is 29.1 Å². The average molecular weight is 395 g/mol. The van der Waals surface area contributed by atoms with Crippen LogP contribution in [0.15, 0.2) is 59.2 Å². The Morgan fingerprint density at radius 2 is 1.69 bits per heavy atom. The number of benzene rings is 1. The number of halogens is 1. The van der Waals surface area contributed by atoms with Crippen LogP contribution in [0.4, 0.5) is 15.9 Å². The van der Waals surface area contributed by atoms with Crippen molar-refractivity contribution >= 4 is 23.3 Å². The van der Waals surface area contributed by atoms with Crippen LogP contribution in [0.5, 0.6) is 0 Å². The predicted molar refractivity (Wildman–Crippen MR) is 102 cm³/mol. The molecule has 0 unspecified atom stereocenters. The summed E-state index contributed by atoms with van der Waals surface area (Å²) in [6.45, 7) is 1.63. The summed E-state index contributed by atoms with van der Waals surface area (Å²) in [5.41, 5.74) is 0.747. The fourth-order valence-electron chi connectivity index (χ4n) is 3.06. The molecular weight excluding hydrogens is 377 g/mol. The molecule has 3 heterocycles. The zero-order valence-electron chi connectivity index (χ0n) is 15.4. The summed E-state index contributed by atoms with van der Waals surface area (Å²) in [5, 5.41) is 10.9. The quantitative estimate of drug-likeness (QED) is 0.730. The minimum absolute atomic E-state index is 0.185. The normalized spacial score (nSPS) is 14.0. The Bertz CT molecular complexity index is 999. The molecule has 2 aromatic heterocycles. The van der Waals surface area contributed by atoms with Gasteiger partial charge < -0.3 is 19.5 Å². The molecule has 0 saturated carbocycles. The fourth-order valence-corrected chi connectivity index (χ4v) is 3.06. The monoisotopic (exact) mass is 395 g/mol. The first-order chi connectivity index (χ1) is 14.1. The second kappa shape index (κ2) is 8.09. The second-order valence-corrected chi connectivity index (χ2v) is 6.50. The van der Waals surface area contributed by atoms with Gasteiger partial charge in [-0.05, 0) is 42.5 Å². The molecule has 1 fully saturated rings. The molecule has 2 amide bonds. The van der Waals surface area contributed by atoms with Crippen LogP contribution in [0.25, 0.3) is 0 Å².